The van der Waals surface area contributed by atoms with Crippen LogP contribution >= 0.6 is 11.6 Å². The summed E-state index contributed by atoms with van der Waals surface area (Å²) in [4.78, 5) is 28.3. The molecule has 1 atom stereocenters. The fourth-order valence-electron chi connectivity index (χ4n) is 4.05. The number of anilines is 1. The monoisotopic (exact) mass is 569 g/mol. The molecular formula is C30H36ClN3O4S. The molecule has 0 radical (unpaired) electrons. The van der Waals surface area contributed by atoms with Crippen molar-refractivity contribution in [1.29, 1.82) is 0 Å². The number of amides is 2. The van der Waals surface area contributed by atoms with Gasteiger partial charge >= 0.3 is 0 Å². The Morgan fingerprint density at radius 1 is 0.846 bits per heavy atom. The van der Waals surface area contributed by atoms with Gasteiger partial charge in [0.25, 0.3) is 10.0 Å². The van der Waals surface area contributed by atoms with Gasteiger partial charge in [-0.15, -0.1) is 0 Å². The minimum Gasteiger partial charge on any atom is -0.352 e. The fraction of sp³-hybridized carbons (Fsp3) is 0.333. The highest BCUT2D eigenvalue weighted by atomic mass is 35.5. The molecule has 2 amide bonds. The Labute approximate surface area is 236 Å². The number of halogens is 1. The molecule has 7 nitrogen and oxygen atoms in total. The highest BCUT2D eigenvalue weighted by Gasteiger charge is 2.32. The van der Waals surface area contributed by atoms with Gasteiger partial charge in [0.2, 0.25) is 11.8 Å². The highest BCUT2D eigenvalue weighted by Crippen LogP contribution is 2.26. The smallest absolute Gasteiger partial charge is 0.264 e. The molecule has 0 aliphatic rings. The Morgan fingerprint density at radius 2 is 1.44 bits per heavy atom. The highest BCUT2D eigenvalue weighted by molar-refractivity contribution is 7.92. The Morgan fingerprint density at radius 3 is 1.97 bits per heavy atom. The second-order valence-electron chi connectivity index (χ2n) is 10.1. The van der Waals surface area contributed by atoms with E-state index in [4.69, 9.17) is 11.6 Å². The van der Waals surface area contributed by atoms with Gasteiger partial charge < -0.3 is 10.2 Å². The molecule has 0 spiro atoms. The number of carbonyl (C=O) groups is 2. The molecular weight excluding hydrogens is 534 g/mol. The van der Waals surface area contributed by atoms with Gasteiger partial charge in [0, 0.05) is 17.6 Å². The number of nitrogens with zero attached hydrogens (tertiary/aromatic N) is 2. The van der Waals surface area contributed by atoms with Crippen LogP contribution in [0.5, 0.6) is 0 Å². The zero-order valence-corrected chi connectivity index (χ0v) is 24.5. The normalized spacial score (nSPS) is 12.3. The number of benzene rings is 3. The lowest BCUT2D eigenvalue weighted by molar-refractivity contribution is -0.139. The topological polar surface area (TPSA) is 86.8 Å². The average Bonchev–Trinajstić information content (AvgIpc) is 2.91. The first kappa shape index (κ1) is 30.2. The van der Waals surface area contributed by atoms with E-state index in [0.717, 1.165) is 15.4 Å². The zero-order chi connectivity index (χ0) is 28.7. The number of hydrogen-bond donors (Lipinski definition) is 1. The Kier molecular flexibility index (Phi) is 10.2. The summed E-state index contributed by atoms with van der Waals surface area (Å²) in [6, 6.07) is 21.2. The van der Waals surface area contributed by atoms with Crippen LogP contribution in [0.3, 0.4) is 0 Å². The van der Waals surface area contributed by atoms with E-state index in [1.54, 1.807) is 61.5 Å². The first-order valence-corrected chi connectivity index (χ1v) is 14.7. The van der Waals surface area contributed by atoms with E-state index < -0.39 is 28.5 Å². The van der Waals surface area contributed by atoms with E-state index in [0.29, 0.717) is 10.7 Å². The lowest BCUT2D eigenvalue weighted by Crippen LogP contribution is -2.52. The lowest BCUT2D eigenvalue weighted by Gasteiger charge is -2.32. The van der Waals surface area contributed by atoms with E-state index in [1.807, 2.05) is 26.0 Å². The van der Waals surface area contributed by atoms with Crippen LogP contribution in [0.2, 0.25) is 5.02 Å². The van der Waals surface area contributed by atoms with Crippen molar-refractivity contribution in [3.05, 3.63) is 95.0 Å². The van der Waals surface area contributed by atoms with Gasteiger partial charge in [-0.25, -0.2) is 8.42 Å². The van der Waals surface area contributed by atoms with Gasteiger partial charge in [-0.05, 0) is 74.2 Å². The average molecular weight is 570 g/mol. The van der Waals surface area contributed by atoms with Crippen LogP contribution in [0.1, 0.15) is 51.7 Å². The lowest BCUT2D eigenvalue weighted by atomic mass is 10.0. The first-order chi connectivity index (χ1) is 18.4. The molecule has 39 heavy (non-hydrogen) atoms. The van der Waals surface area contributed by atoms with Gasteiger partial charge in [-0.2, -0.15) is 0 Å². The standard InChI is InChI=1S/C30H36ClN3O4S/c1-21(2)25-13-17-27(18-14-25)34(39(37,38)28-9-7-6-8-10-28)20-29(35)33(23(5)30(36)32-22(3)4)19-24-11-15-26(31)16-12-24/h6-18,21-23H,19-20H2,1-5H3,(H,32,36). The maximum Gasteiger partial charge on any atom is 0.264 e. The molecule has 0 saturated heterocycles. The third kappa shape index (κ3) is 7.83. The van der Waals surface area contributed by atoms with Gasteiger partial charge in [0.05, 0.1) is 10.6 Å². The van der Waals surface area contributed by atoms with Gasteiger partial charge in [0.1, 0.15) is 12.6 Å². The van der Waals surface area contributed by atoms with Gasteiger partial charge in [0.15, 0.2) is 0 Å². The largest absolute Gasteiger partial charge is 0.352 e. The summed E-state index contributed by atoms with van der Waals surface area (Å²) < 4.78 is 28.7. The number of nitrogens with one attached hydrogen (secondary N) is 1. The minimum atomic E-state index is -4.09. The minimum absolute atomic E-state index is 0.0700. The van der Waals surface area contributed by atoms with Crippen molar-refractivity contribution in [3.8, 4) is 0 Å². The van der Waals surface area contributed by atoms with Crippen LogP contribution < -0.4 is 9.62 Å². The van der Waals surface area contributed by atoms with Crippen molar-refractivity contribution >= 4 is 39.1 Å². The predicted octanol–water partition coefficient (Wildman–Crippen LogP) is 5.60. The maximum absolute atomic E-state index is 13.9. The molecule has 0 aliphatic carbocycles. The summed E-state index contributed by atoms with van der Waals surface area (Å²) in [6.45, 7) is 9.04. The van der Waals surface area contributed by atoms with E-state index in [9.17, 15) is 18.0 Å². The van der Waals surface area contributed by atoms with Crippen molar-refractivity contribution < 1.29 is 18.0 Å². The molecule has 3 aromatic rings. The summed E-state index contributed by atoms with van der Waals surface area (Å²) in [6.07, 6.45) is 0. The molecule has 0 aliphatic heterocycles. The maximum atomic E-state index is 13.9. The number of hydrogen-bond acceptors (Lipinski definition) is 4. The molecule has 3 aromatic carbocycles. The summed E-state index contributed by atoms with van der Waals surface area (Å²) in [5.74, 6) is -0.579. The Hall–Kier alpha value is -3.36. The van der Waals surface area contributed by atoms with Crippen molar-refractivity contribution in [2.24, 2.45) is 0 Å². The van der Waals surface area contributed by atoms with Crippen LogP contribution in [-0.4, -0.2) is 43.8 Å². The van der Waals surface area contributed by atoms with Crippen LogP contribution in [0.25, 0.3) is 0 Å². The first-order valence-electron chi connectivity index (χ1n) is 12.9. The molecule has 0 fully saturated rings. The Balaban J connectivity index is 2.02. The zero-order valence-electron chi connectivity index (χ0n) is 23.0. The predicted molar refractivity (Wildman–Crippen MR) is 156 cm³/mol. The molecule has 0 aromatic heterocycles. The third-order valence-electron chi connectivity index (χ3n) is 6.32. The molecule has 9 heteroatoms. The molecule has 0 saturated carbocycles. The van der Waals surface area contributed by atoms with Crippen LogP contribution in [-0.2, 0) is 26.2 Å². The van der Waals surface area contributed by atoms with Gasteiger partial charge in [-0.3, -0.25) is 13.9 Å². The number of sulfonamides is 1. The molecule has 208 valence electrons. The van der Waals surface area contributed by atoms with Crippen molar-refractivity contribution in [2.45, 2.75) is 64.1 Å². The van der Waals surface area contributed by atoms with Crippen molar-refractivity contribution in [1.82, 2.24) is 10.2 Å². The second kappa shape index (κ2) is 13.1. The van der Waals surface area contributed by atoms with Crippen molar-refractivity contribution in [3.63, 3.8) is 0 Å². The summed E-state index contributed by atoms with van der Waals surface area (Å²) >= 11 is 6.04. The molecule has 0 heterocycles. The second-order valence-corrected chi connectivity index (χ2v) is 12.4. The van der Waals surface area contributed by atoms with Crippen LogP contribution in [0, 0.1) is 0 Å². The summed E-state index contributed by atoms with van der Waals surface area (Å²) in [5, 5.41) is 3.39. The van der Waals surface area contributed by atoms with E-state index >= 15 is 0 Å². The number of rotatable bonds is 11. The molecule has 3 rings (SSSR count). The summed E-state index contributed by atoms with van der Waals surface area (Å²) in [5.41, 5.74) is 2.17. The van der Waals surface area contributed by atoms with Gasteiger partial charge in [-0.1, -0.05) is 67.9 Å². The van der Waals surface area contributed by atoms with E-state index in [-0.39, 0.29) is 29.3 Å². The summed E-state index contributed by atoms with van der Waals surface area (Å²) in [7, 11) is -4.09. The Bertz CT molecular complexity index is 1360. The third-order valence-corrected chi connectivity index (χ3v) is 8.36. The quantitative estimate of drug-likeness (QED) is 0.326. The molecule has 1 N–H and O–H groups in total. The molecule has 0 bridgehead atoms. The van der Waals surface area contributed by atoms with Crippen LogP contribution in [0.15, 0.2) is 83.8 Å². The van der Waals surface area contributed by atoms with E-state index in [1.165, 1.54) is 17.0 Å². The van der Waals surface area contributed by atoms with E-state index in [2.05, 4.69) is 19.2 Å². The van der Waals surface area contributed by atoms with Crippen molar-refractivity contribution in [2.75, 3.05) is 10.8 Å². The molecule has 1 unspecified atom stereocenters. The van der Waals surface area contributed by atoms with Crippen LogP contribution in [0.4, 0.5) is 5.69 Å². The SMILES string of the molecule is CC(C)NC(=O)C(C)N(Cc1ccc(Cl)cc1)C(=O)CN(c1ccc(C(C)C)cc1)S(=O)(=O)c1ccccc1. The fourth-order valence-corrected chi connectivity index (χ4v) is 5.61. The number of carbonyl (C=O) groups excluding carboxylic acids is 2.